The Bertz CT molecular complexity index is 316. The Labute approximate surface area is 83.5 Å². The SMILES string of the molecule is C[N+]1=C(c2ccccc2)SCCC1. The van der Waals surface area contributed by atoms with Gasteiger partial charge in [0.25, 0.3) is 0 Å². The van der Waals surface area contributed by atoms with Gasteiger partial charge in [0.05, 0.1) is 5.56 Å². The van der Waals surface area contributed by atoms with Gasteiger partial charge >= 0.3 is 0 Å². The van der Waals surface area contributed by atoms with E-state index in [2.05, 4.69) is 42.0 Å². The maximum Gasteiger partial charge on any atom is 0.241 e. The van der Waals surface area contributed by atoms with Crippen LogP contribution >= 0.6 is 11.8 Å². The van der Waals surface area contributed by atoms with E-state index < -0.39 is 0 Å². The van der Waals surface area contributed by atoms with Gasteiger partial charge < -0.3 is 0 Å². The van der Waals surface area contributed by atoms with Crippen LogP contribution in [-0.4, -0.2) is 29.0 Å². The third-order valence-electron chi connectivity index (χ3n) is 2.24. The number of hydrogen-bond donors (Lipinski definition) is 0. The van der Waals surface area contributed by atoms with Crippen molar-refractivity contribution in [3.63, 3.8) is 0 Å². The molecule has 0 unspecified atom stereocenters. The van der Waals surface area contributed by atoms with Crippen molar-refractivity contribution in [2.45, 2.75) is 6.42 Å². The zero-order valence-electron chi connectivity index (χ0n) is 7.86. The Morgan fingerprint density at radius 2 is 2.00 bits per heavy atom. The van der Waals surface area contributed by atoms with Crippen LogP contribution in [0, 0.1) is 0 Å². The Morgan fingerprint density at radius 1 is 1.23 bits per heavy atom. The predicted octanol–water partition coefficient (Wildman–Crippen LogP) is 2.21. The number of nitrogens with zero attached hydrogens (tertiary/aromatic N) is 1. The van der Waals surface area contributed by atoms with Crippen LogP contribution in [0.4, 0.5) is 0 Å². The summed E-state index contributed by atoms with van der Waals surface area (Å²) in [4.78, 5) is 0. The van der Waals surface area contributed by atoms with Crippen molar-refractivity contribution in [1.82, 2.24) is 0 Å². The lowest BCUT2D eigenvalue weighted by Gasteiger charge is -2.10. The van der Waals surface area contributed by atoms with E-state index in [0.29, 0.717) is 0 Å². The molecule has 1 aromatic carbocycles. The standard InChI is InChI=1S/C11H14NS/c1-12-8-5-9-13-11(12)10-6-3-2-4-7-10/h2-4,6-7H,5,8-9H2,1H3/q+1. The van der Waals surface area contributed by atoms with Crippen LogP contribution in [0.2, 0.25) is 0 Å². The zero-order valence-corrected chi connectivity index (χ0v) is 8.68. The number of benzene rings is 1. The number of rotatable bonds is 1. The van der Waals surface area contributed by atoms with Crippen LogP contribution in [0.5, 0.6) is 0 Å². The molecule has 2 rings (SSSR count). The minimum atomic E-state index is 1.19. The van der Waals surface area contributed by atoms with E-state index in [0.717, 1.165) is 0 Å². The quantitative estimate of drug-likeness (QED) is 0.617. The molecule has 0 saturated heterocycles. The lowest BCUT2D eigenvalue weighted by atomic mass is 10.2. The highest BCUT2D eigenvalue weighted by Gasteiger charge is 2.18. The second kappa shape index (κ2) is 3.97. The Hall–Kier alpha value is -0.760. The molecule has 1 heterocycles. The summed E-state index contributed by atoms with van der Waals surface area (Å²) in [5.41, 5.74) is 1.36. The monoisotopic (exact) mass is 192 g/mol. The Kier molecular flexibility index (Phi) is 2.69. The summed E-state index contributed by atoms with van der Waals surface area (Å²) in [7, 11) is 2.18. The molecular weight excluding hydrogens is 178 g/mol. The van der Waals surface area contributed by atoms with Gasteiger partial charge in [0.15, 0.2) is 0 Å². The van der Waals surface area contributed by atoms with Gasteiger partial charge in [-0.2, -0.15) is 0 Å². The molecule has 0 amide bonds. The zero-order chi connectivity index (χ0) is 9.10. The van der Waals surface area contributed by atoms with Gasteiger partial charge in [-0.05, 0) is 12.1 Å². The summed E-state index contributed by atoms with van der Waals surface area (Å²) in [6.45, 7) is 1.19. The second-order valence-electron chi connectivity index (χ2n) is 3.29. The largest absolute Gasteiger partial charge is 0.241 e. The van der Waals surface area contributed by atoms with E-state index in [9.17, 15) is 0 Å². The summed E-state index contributed by atoms with van der Waals surface area (Å²) in [5.74, 6) is 1.26. The van der Waals surface area contributed by atoms with Crippen molar-refractivity contribution in [3.05, 3.63) is 35.9 Å². The molecule has 1 aromatic rings. The van der Waals surface area contributed by atoms with E-state index in [-0.39, 0.29) is 0 Å². The molecule has 1 nitrogen and oxygen atoms in total. The van der Waals surface area contributed by atoms with Crippen molar-refractivity contribution < 1.29 is 4.58 Å². The molecule has 0 aliphatic carbocycles. The highest BCUT2D eigenvalue weighted by Crippen LogP contribution is 2.17. The summed E-state index contributed by atoms with van der Waals surface area (Å²) < 4.78 is 2.35. The minimum Gasteiger partial charge on any atom is -0.226 e. The van der Waals surface area contributed by atoms with E-state index in [4.69, 9.17) is 0 Å². The molecule has 68 valence electrons. The Morgan fingerprint density at radius 3 is 2.69 bits per heavy atom. The summed E-state index contributed by atoms with van der Waals surface area (Å²) in [6, 6.07) is 10.6. The predicted molar refractivity (Wildman–Crippen MR) is 58.7 cm³/mol. The smallest absolute Gasteiger partial charge is 0.226 e. The fourth-order valence-electron chi connectivity index (χ4n) is 1.57. The first-order valence-corrected chi connectivity index (χ1v) is 5.63. The molecular formula is C11H14NS+. The lowest BCUT2D eigenvalue weighted by molar-refractivity contribution is -0.494. The van der Waals surface area contributed by atoms with Crippen LogP contribution < -0.4 is 0 Å². The third kappa shape index (κ3) is 1.94. The molecule has 2 heteroatoms. The van der Waals surface area contributed by atoms with Crippen LogP contribution in [0.25, 0.3) is 0 Å². The maximum absolute atomic E-state index is 2.35. The van der Waals surface area contributed by atoms with Crippen molar-refractivity contribution in [1.29, 1.82) is 0 Å². The van der Waals surface area contributed by atoms with Gasteiger partial charge in [0.1, 0.15) is 13.6 Å². The van der Waals surface area contributed by atoms with Gasteiger partial charge in [0.2, 0.25) is 5.04 Å². The van der Waals surface area contributed by atoms with Crippen molar-refractivity contribution in [3.8, 4) is 0 Å². The highest BCUT2D eigenvalue weighted by atomic mass is 32.2. The molecule has 0 aromatic heterocycles. The number of hydrogen-bond acceptors (Lipinski definition) is 1. The normalized spacial score (nSPS) is 17.6. The van der Waals surface area contributed by atoms with E-state index in [1.165, 1.54) is 29.3 Å². The van der Waals surface area contributed by atoms with Gasteiger partial charge in [0, 0.05) is 12.2 Å². The fourth-order valence-corrected chi connectivity index (χ4v) is 2.65. The minimum absolute atomic E-state index is 1.19. The van der Waals surface area contributed by atoms with Crippen molar-refractivity contribution >= 4 is 16.8 Å². The fraction of sp³-hybridized carbons (Fsp3) is 0.364. The highest BCUT2D eigenvalue weighted by molar-refractivity contribution is 8.14. The van der Waals surface area contributed by atoms with Crippen LogP contribution in [0.15, 0.2) is 30.3 Å². The molecule has 0 fully saturated rings. The van der Waals surface area contributed by atoms with Gasteiger partial charge in [-0.1, -0.05) is 30.0 Å². The molecule has 1 aliphatic heterocycles. The van der Waals surface area contributed by atoms with Crippen molar-refractivity contribution in [2.75, 3.05) is 19.3 Å². The lowest BCUT2D eigenvalue weighted by Crippen LogP contribution is -2.22. The summed E-state index contributed by atoms with van der Waals surface area (Å²) in [6.07, 6.45) is 1.30. The second-order valence-corrected chi connectivity index (χ2v) is 4.38. The first-order chi connectivity index (χ1) is 6.38. The van der Waals surface area contributed by atoms with Gasteiger partial charge in [-0.25, -0.2) is 4.58 Å². The van der Waals surface area contributed by atoms with E-state index in [1.54, 1.807) is 0 Å². The average molecular weight is 192 g/mol. The molecule has 0 atom stereocenters. The maximum atomic E-state index is 2.35. The third-order valence-corrected chi connectivity index (χ3v) is 3.56. The van der Waals surface area contributed by atoms with Gasteiger partial charge in [-0.15, -0.1) is 0 Å². The van der Waals surface area contributed by atoms with Crippen LogP contribution in [0.3, 0.4) is 0 Å². The topological polar surface area (TPSA) is 3.01 Å². The first-order valence-electron chi connectivity index (χ1n) is 4.64. The van der Waals surface area contributed by atoms with E-state index >= 15 is 0 Å². The Balaban J connectivity index is 2.35. The van der Waals surface area contributed by atoms with Gasteiger partial charge in [-0.3, -0.25) is 0 Å². The number of thioether (sulfide) groups is 1. The van der Waals surface area contributed by atoms with Crippen molar-refractivity contribution in [2.24, 2.45) is 0 Å². The first kappa shape index (κ1) is 8.82. The molecule has 0 saturated carbocycles. The summed E-state index contributed by atoms with van der Waals surface area (Å²) >= 11 is 1.97. The van der Waals surface area contributed by atoms with Crippen LogP contribution in [-0.2, 0) is 0 Å². The molecule has 13 heavy (non-hydrogen) atoms. The summed E-state index contributed by atoms with van der Waals surface area (Å²) in [5, 5.41) is 1.42. The molecule has 0 bridgehead atoms. The molecule has 1 aliphatic rings. The molecule has 0 spiro atoms. The van der Waals surface area contributed by atoms with E-state index in [1.807, 2.05) is 11.8 Å². The molecule has 0 radical (unpaired) electrons. The average Bonchev–Trinajstić information content (AvgIpc) is 2.20. The van der Waals surface area contributed by atoms with Crippen LogP contribution in [0.1, 0.15) is 12.0 Å². The molecule has 0 N–H and O–H groups in total.